The van der Waals surface area contributed by atoms with E-state index >= 15 is 0 Å². The zero-order valence-electron chi connectivity index (χ0n) is 11.4. The van der Waals surface area contributed by atoms with Crippen molar-refractivity contribution in [2.45, 2.75) is 46.0 Å². The van der Waals surface area contributed by atoms with Gasteiger partial charge >= 0.3 is 0 Å². The normalized spacial score (nSPS) is 13.0. The molecular weight excluding hydrogens is 212 g/mol. The fourth-order valence-electron chi connectivity index (χ4n) is 1.60. The van der Waals surface area contributed by atoms with Gasteiger partial charge in [-0.2, -0.15) is 0 Å². The third-order valence-corrected chi connectivity index (χ3v) is 1.96. The number of benzene rings is 1. The molecule has 2 heteroatoms. The Labute approximate surface area is 104 Å². The van der Waals surface area contributed by atoms with Crippen molar-refractivity contribution in [1.29, 1.82) is 0 Å². The monoisotopic (exact) mass is 234 g/mol. The van der Waals surface area contributed by atoms with Gasteiger partial charge in [0.25, 0.3) is 0 Å². The van der Waals surface area contributed by atoms with Crippen LogP contribution >= 0.6 is 0 Å². The lowest BCUT2D eigenvalue weighted by molar-refractivity contribution is -0.232. The Kier molecular flexibility index (Phi) is 4.35. The lowest BCUT2D eigenvalue weighted by atomic mass is 10.2. The molecule has 0 N–H and O–H groups in total. The Morgan fingerprint density at radius 3 is 2.06 bits per heavy atom. The molecule has 0 bridgehead atoms. The zero-order valence-corrected chi connectivity index (χ0v) is 11.4. The second-order valence-electron chi connectivity index (χ2n) is 5.45. The highest BCUT2D eigenvalue weighted by atomic mass is 16.7. The lowest BCUT2D eigenvalue weighted by Gasteiger charge is -2.32. The Morgan fingerprint density at radius 2 is 1.53 bits per heavy atom. The van der Waals surface area contributed by atoms with Crippen molar-refractivity contribution in [3.63, 3.8) is 0 Å². The minimum absolute atomic E-state index is 0.218. The van der Waals surface area contributed by atoms with E-state index < -0.39 is 5.79 Å². The molecule has 0 aromatic heterocycles. The molecule has 17 heavy (non-hydrogen) atoms. The van der Waals surface area contributed by atoms with Crippen molar-refractivity contribution >= 4 is 6.08 Å². The average Bonchev–Trinajstić information content (AvgIpc) is 2.15. The average molecular weight is 234 g/mol. The van der Waals surface area contributed by atoms with Gasteiger partial charge in [0.15, 0.2) is 0 Å². The Balaban J connectivity index is 2.53. The molecule has 94 valence electrons. The van der Waals surface area contributed by atoms with Gasteiger partial charge in [-0.3, -0.25) is 0 Å². The van der Waals surface area contributed by atoms with Crippen molar-refractivity contribution in [2.24, 2.45) is 0 Å². The second kappa shape index (κ2) is 5.37. The van der Waals surface area contributed by atoms with E-state index in [9.17, 15) is 0 Å². The summed E-state index contributed by atoms with van der Waals surface area (Å²) in [7, 11) is 0. The van der Waals surface area contributed by atoms with Crippen molar-refractivity contribution in [2.75, 3.05) is 0 Å². The van der Waals surface area contributed by atoms with Crippen molar-refractivity contribution < 1.29 is 9.47 Å². The molecule has 0 saturated heterocycles. The highest BCUT2D eigenvalue weighted by Gasteiger charge is 2.25. The number of ether oxygens (including phenoxy) is 2. The molecule has 0 spiro atoms. The minimum Gasteiger partial charge on any atom is -0.471 e. The second-order valence-corrected chi connectivity index (χ2v) is 5.45. The topological polar surface area (TPSA) is 18.5 Å². The Bertz CT molecular complexity index is 358. The number of hydrogen-bond donors (Lipinski definition) is 0. The van der Waals surface area contributed by atoms with E-state index in [0.717, 1.165) is 5.56 Å². The molecule has 1 aromatic carbocycles. The van der Waals surface area contributed by atoms with Gasteiger partial charge in [-0.25, -0.2) is 0 Å². The van der Waals surface area contributed by atoms with Crippen LogP contribution < -0.4 is 0 Å². The molecule has 0 unspecified atom stereocenters. The van der Waals surface area contributed by atoms with Crippen LogP contribution in [-0.4, -0.2) is 11.4 Å². The van der Waals surface area contributed by atoms with Gasteiger partial charge in [0.1, 0.15) is 0 Å². The largest absolute Gasteiger partial charge is 0.471 e. The van der Waals surface area contributed by atoms with Crippen LogP contribution in [-0.2, 0) is 9.47 Å². The van der Waals surface area contributed by atoms with Crippen molar-refractivity contribution in [3.8, 4) is 0 Å². The van der Waals surface area contributed by atoms with E-state index in [2.05, 4.69) is 0 Å². The first-order valence-electron chi connectivity index (χ1n) is 5.88. The summed E-state index contributed by atoms with van der Waals surface area (Å²) in [5, 5.41) is 0. The van der Waals surface area contributed by atoms with Gasteiger partial charge in [-0.1, -0.05) is 30.3 Å². The lowest BCUT2D eigenvalue weighted by Crippen LogP contribution is -2.35. The summed E-state index contributed by atoms with van der Waals surface area (Å²) in [5.74, 6) is -0.621. The summed E-state index contributed by atoms with van der Waals surface area (Å²) >= 11 is 0. The van der Waals surface area contributed by atoms with E-state index in [1.807, 2.05) is 71.0 Å². The predicted octanol–water partition coefficient (Wildman–Crippen LogP) is 4.23. The third kappa shape index (κ3) is 6.12. The maximum absolute atomic E-state index is 5.79. The van der Waals surface area contributed by atoms with Crippen LogP contribution in [0, 0.1) is 0 Å². The van der Waals surface area contributed by atoms with E-state index in [4.69, 9.17) is 9.47 Å². The Morgan fingerprint density at radius 1 is 0.941 bits per heavy atom. The molecule has 0 aliphatic heterocycles. The summed E-state index contributed by atoms with van der Waals surface area (Å²) in [6, 6.07) is 10.0. The summed E-state index contributed by atoms with van der Waals surface area (Å²) < 4.78 is 11.4. The molecular formula is C15H22O2. The fourth-order valence-corrected chi connectivity index (χ4v) is 1.60. The predicted molar refractivity (Wildman–Crippen MR) is 71.5 cm³/mol. The summed E-state index contributed by atoms with van der Waals surface area (Å²) in [4.78, 5) is 0. The summed E-state index contributed by atoms with van der Waals surface area (Å²) in [6.07, 6.45) is 3.61. The van der Waals surface area contributed by atoms with E-state index in [1.54, 1.807) is 6.26 Å². The molecule has 0 radical (unpaired) electrons. The van der Waals surface area contributed by atoms with Gasteiger partial charge in [0, 0.05) is 13.8 Å². The molecule has 0 heterocycles. The van der Waals surface area contributed by atoms with Crippen LogP contribution in [0.3, 0.4) is 0 Å². The molecule has 1 aromatic rings. The van der Waals surface area contributed by atoms with Crippen molar-refractivity contribution in [1.82, 2.24) is 0 Å². The van der Waals surface area contributed by atoms with Crippen LogP contribution in [0.4, 0.5) is 0 Å². The van der Waals surface area contributed by atoms with E-state index in [-0.39, 0.29) is 5.60 Å². The van der Waals surface area contributed by atoms with Gasteiger partial charge in [-0.15, -0.1) is 0 Å². The summed E-state index contributed by atoms with van der Waals surface area (Å²) in [5.41, 5.74) is 0.892. The first-order chi connectivity index (χ1) is 7.79. The standard InChI is InChI=1S/C15H22O2/c1-14(2,3)17-15(4,5)16-12-11-13-9-7-6-8-10-13/h6-12H,1-5H3. The molecule has 0 fully saturated rings. The SMILES string of the molecule is CC(C)(C)OC(C)(C)OC=Cc1ccccc1. The molecule has 0 aliphatic carbocycles. The molecule has 2 nitrogen and oxygen atoms in total. The first kappa shape index (κ1) is 13.8. The van der Waals surface area contributed by atoms with Crippen LogP contribution in [0.15, 0.2) is 36.6 Å². The molecule has 0 aliphatic rings. The Hall–Kier alpha value is -1.28. The van der Waals surface area contributed by atoms with Gasteiger partial charge in [0.05, 0.1) is 11.9 Å². The van der Waals surface area contributed by atoms with Crippen LogP contribution in [0.5, 0.6) is 0 Å². The van der Waals surface area contributed by atoms with E-state index in [0.29, 0.717) is 0 Å². The highest BCUT2D eigenvalue weighted by molar-refractivity contribution is 5.47. The van der Waals surface area contributed by atoms with Gasteiger partial charge in [-0.05, 0) is 32.4 Å². The van der Waals surface area contributed by atoms with Crippen molar-refractivity contribution in [3.05, 3.63) is 42.2 Å². The van der Waals surface area contributed by atoms with Crippen LogP contribution in [0.25, 0.3) is 6.08 Å². The zero-order chi connectivity index (χ0) is 12.9. The number of rotatable bonds is 4. The fraction of sp³-hybridized carbons (Fsp3) is 0.467. The maximum Gasteiger partial charge on any atom is 0.204 e. The first-order valence-corrected chi connectivity index (χ1v) is 5.88. The minimum atomic E-state index is -0.621. The quantitative estimate of drug-likeness (QED) is 0.573. The third-order valence-electron chi connectivity index (χ3n) is 1.96. The molecule has 0 saturated carbocycles. The van der Waals surface area contributed by atoms with Crippen LogP contribution in [0.1, 0.15) is 40.2 Å². The van der Waals surface area contributed by atoms with Gasteiger partial charge in [0.2, 0.25) is 5.79 Å². The molecule has 1 rings (SSSR count). The smallest absolute Gasteiger partial charge is 0.204 e. The maximum atomic E-state index is 5.79. The van der Waals surface area contributed by atoms with Gasteiger partial charge < -0.3 is 9.47 Å². The molecule has 0 amide bonds. The van der Waals surface area contributed by atoms with Crippen LogP contribution in [0.2, 0.25) is 0 Å². The number of hydrogen-bond acceptors (Lipinski definition) is 2. The summed E-state index contributed by atoms with van der Waals surface area (Å²) in [6.45, 7) is 9.86. The van der Waals surface area contributed by atoms with E-state index in [1.165, 1.54) is 0 Å². The molecule has 0 atom stereocenters. The highest BCUT2D eigenvalue weighted by Crippen LogP contribution is 2.21.